The van der Waals surface area contributed by atoms with Gasteiger partial charge in [-0.15, -0.1) is 10.2 Å². The molecule has 1 aromatic carbocycles. The van der Waals surface area contributed by atoms with Gasteiger partial charge in [-0.2, -0.15) is 0 Å². The zero-order chi connectivity index (χ0) is 21.9. The van der Waals surface area contributed by atoms with Gasteiger partial charge in [-0.05, 0) is 30.2 Å². The molecule has 3 aromatic rings. The number of benzene rings is 1. The highest BCUT2D eigenvalue weighted by molar-refractivity contribution is 5.85. The van der Waals surface area contributed by atoms with Crippen molar-refractivity contribution in [1.82, 2.24) is 24.6 Å². The van der Waals surface area contributed by atoms with Gasteiger partial charge < -0.3 is 18.8 Å². The lowest BCUT2D eigenvalue weighted by atomic mass is 10.1. The largest absolute Gasteiger partial charge is 0.484 e. The van der Waals surface area contributed by atoms with Gasteiger partial charge in [-0.3, -0.25) is 4.90 Å². The number of aromatic nitrogens is 4. The van der Waals surface area contributed by atoms with E-state index in [-0.39, 0.29) is 6.10 Å². The summed E-state index contributed by atoms with van der Waals surface area (Å²) in [4.78, 5) is 18.7. The first-order valence-electron chi connectivity index (χ1n) is 10.9. The van der Waals surface area contributed by atoms with Gasteiger partial charge >= 0.3 is 5.97 Å². The first kappa shape index (κ1) is 20.4. The summed E-state index contributed by atoms with van der Waals surface area (Å²) in [6, 6.07) is 12.1. The number of ether oxygens (including phenoxy) is 3. The Bertz CT molecular complexity index is 1100. The van der Waals surface area contributed by atoms with Crippen molar-refractivity contribution in [2.24, 2.45) is 0 Å². The number of nitrogens with zero attached hydrogens (tertiary/aromatic N) is 5. The molecule has 2 aromatic heterocycles. The molecule has 0 saturated carbocycles. The zero-order valence-electron chi connectivity index (χ0n) is 17.9. The molecule has 5 rings (SSSR count). The van der Waals surface area contributed by atoms with Gasteiger partial charge in [0, 0.05) is 38.8 Å². The summed E-state index contributed by atoms with van der Waals surface area (Å²) >= 11 is 0. The lowest BCUT2D eigenvalue weighted by Gasteiger charge is -2.26. The van der Waals surface area contributed by atoms with Crippen LogP contribution in [0.5, 0.6) is 11.6 Å². The zero-order valence-corrected chi connectivity index (χ0v) is 17.9. The molecule has 0 saturated heterocycles. The van der Waals surface area contributed by atoms with E-state index in [0.29, 0.717) is 37.2 Å². The minimum Gasteiger partial charge on any atom is -0.484 e. The molecular formula is C23H25N5O4. The summed E-state index contributed by atoms with van der Waals surface area (Å²) in [5.74, 6) is 1.92. The number of esters is 1. The monoisotopic (exact) mass is 435 g/mol. The molecule has 0 spiro atoms. The van der Waals surface area contributed by atoms with Crippen LogP contribution < -0.4 is 9.47 Å². The lowest BCUT2D eigenvalue weighted by Crippen LogP contribution is -2.27. The molecule has 32 heavy (non-hydrogen) atoms. The number of hydrogen-bond acceptors (Lipinski definition) is 8. The molecule has 0 aliphatic carbocycles. The maximum atomic E-state index is 12.1. The normalized spacial score (nSPS) is 18.0. The standard InChI is InChI=1S/C23H25N5O4/c1-2-30-23(29)21-26-25-20-9-11-27(12-13-28(20)21)14-16-5-7-17(8-6-16)19-15-31-18-4-3-10-24-22(18)32-19/h3-8,10,19H,2,9,11-15H2,1H3/t19-/m1/s1. The predicted octanol–water partition coefficient (Wildman–Crippen LogP) is 2.42. The van der Waals surface area contributed by atoms with Crippen molar-refractivity contribution >= 4 is 5.97 Å². The Labute approximate surface area is 185 Å². The number of fused-ring (bicyclic) bond motifs is 2. The molecule has 1 atom stereocenters. The summed E-state index contributed by atoms with van der Waals surface area (Å²) < 4.78 is 18.8. The smallest absolute Gasteiger partial charge is 0.376 e. The third kappa shape index (κ3) is 4.16. The first-order chi connectivity index (χ1) is 15.7. The Morgan fingerprint density at radius 3 is 2.88 bits per heavy atom. The summed E-state index contributed by atoms with van der Waals surface area (Å²) in [7, 11) is 0. The highest BCUT2D eigenvalue weighted by atomic mass is 16.6. The quantitative estimate of drug-likeness (QED) is 0.565. The van der Waals surface area contributed by atoms with Crippen LogP contribution in [0.1, 0.15) is 40.6 Å². The fraction of sp³-hybridized carbons (Fsp3) is 0.391. The van der Waals surface area contributed by atoms with E-state index in [1.807, 2.05) is 16.7 Å². The average molecular weight is 435 g/mol. The number of rotatable bonds is 5. The SMILES string of the molecule is CCOC(=O)c1nnc2n1CCN(Cc1ccc([C@H]3COc4cccnc4O3)cc1)CC2. The van der Waals surface area contributed by atoms with Gasteiger partial charge in [0.25, 0.3) is 5.88 Å². The Hall–Kier alpha value is -3.46. The summed E-state index contributed by atoms with van der Waals surface area (Å²) in [6.45, 7) is 5.71. The molecule has 0 radical (unpaired) electrons. The van der Waals surface area contributed by atoms with E-state index < -0.39 is 5.97 Å². The molecule has 166 valence electrons. The van der Waals surface area contributed by atoms with Crippen LogP contribution >= 0.6 is 0 Å². The Morgan fingerprint density at radius 1 is 1.16 bits per heavy atom. The van der Waals surface area contributed by atoms with Gasteiger partial charge in [-0.1, -0.05) is 24.3 Å². The van der Waals surface area contributed by atoms with Crippen LogP contribution in [-0.4, -0.2) is 56.9 Å². The first-order valence-corrected chi connectivity index (χ1v) is 10.9. The van der Waals surface area contributed by atoms with Crippen LogP contribution in [0.25, 0.3) is 0 Å². The van der Waals surface area contributed by atoms with Gasteiger partial charge in [0.2, 0.25) is 5.82 Å². The molecule has 9 nitrogen and oxygen atoms in total. The Kier molecular flexibility index (Phi) is 5.72. The van der Waals surface area contributed by atoms with E-state index in [1.54, 1.807) is 13.1 Å². The highest BCUT2D eigenvalue weighted by Gasteiger charge is 2.25. The molecule has 4 heterocycles. The molecule has 2 aliphatic heterocycles. The van der Waals surface area contributed by atoms with Crippen LogP contribution in [0.4, 0.5) is 0 Å². The van der Waals surface area contributed by atoms with Gasteiger partial charge in [0.15, 0.2) is 11.9 Å². The predicted molar refractivity (Wildman–Crippen MR) is 115 cm³/mol. The van der Waals surface area contributed by atoms with Gasteiger partial charge in [-0.25, -0.2) is 9.78 Å². The molecular weight excluding hydrogens is 410 g/mol. The minimum absolute atomic E-state index is 0.171. The maximum absolute atomic E-state index is 12.1. The molecule has 0 fully saturated rings. The summed E-state index contributed by atoms with van der Waals surface area (Å²) in [6.07, 6.45) is 2.27. The molecule has 0 bridgehead atoms. The maximum Gasteiger partial charge on any atom is 0.376 e. The van der Waals surface area contributed by atoms with Crippen LogP contribution in [-0.2, 0) is 24.2 Å². The number of carbonyl (C=O) groups excluding carboxylic acids is 1. The highest BCUT2D eigenvalue weighted by Crippen LogP contribution is 2.34. The Balaban J connectivity index is 1.21. The molecule has 0 amide bonds. The van der Waals surface area contributed by atoms with Gasteiger partial charge in [0.1, 0.15) is 12.4 Å². The van der Waals surface area contributed by atoms with E-state index in [2.05, 4.69) is 44.3 Å². The lowest BCUT2D eigenvalue weighted by molar-refractivity contribution is 0.0505. The number of carbonyl (C=O) groups is 1. The van der Waals surface area contributed by atoms with Crippen molar-refractivity contribution in [3.8, 4) is 11.6 Å². The van der Waals surface area contributed by atoms with Gasteiger partial charge in [0.05, 0.1) is 6.61 Å². The second-order valence-electron chi connectivity index (χ2n) is 7.80. The second kappa shape index (κ2) is 8.96. The fourth-order valence-electron chi connectivity index (χ4n) is 4.04. The molecule has 2 aliphatic rings. The van der Waals surface area contributed by atoms with Crippen molar-refractivity contribution in [3.05, 3.63) is 65.4 Å². The van der Waals surface area contributed by atoms with Crippen LogP contribution in [0.15, 0.2) is 42.6 Å². The fourth-order valence-corrected chi connectivity index (χ4v) is 4.04. The summed E-state index contributed by atoms with van der Waals surface area (Å²) in [5.41, 5.74) is 2.28. The topological polar surface area (TPSA) is 91.6 Å². The van der Waals surface area contributed by atoms with Crippen LogP contribution in [0.3, 0.4) is 0 Å². The number of pyridine rings is 1. The number of hydrogen-bond donors (Lipinski definition) is 0. The van der Waals surface area contributed by atoms with E-state index in [9.17, 15) is 4.79 Å². The summed E-state index contributed by atoms with van der Waals surface area (Å²) in [5, 5.41) is 8.22. The van der Waals surface area contributed by atoms with Crippen molar-refractivity contribution in [3.63, 3.8) is 0 Å². The van der Waals surface area contributed by atoms with E-state index in [1.165, 1.54) is 5.56 Å². The molecule has 9 heteroatoms. The third-order valence-corrected chi connectivity index (χ3v) is 5.71. The van der Waals surface area contributed by atoms with Crippen LogP contribution in [0.2, 0.25) is 0 Å². The third-order valence-electron chi connectivity index (χ3n) is 5.71. The Morgan fingerprint density at radius 2 is 2.03 bits per heavy atom. The van der Waals surface area contributed by atoms with E-state index >= 15 is 0 Å². The van der Waals surface area contributed by atoms with Crippen molar-refractivity contribution in [2.75, 3.05) is 26.3 Å². The molecule has 0 N–H and O–H groups in total. The van der Waals surface area contributed by atoms with E-state index in [0.717, 1.165) is 37.4 Å². The second-order valence-corrected chi connectivity index (χ2v) is 7.80. The van der Waals surface area contributed by atoms with E-state index in [4.69, 9.17) is 14.2 Å². The van der Waals surface area contributed by atoms with Crippen molar-refractivity contribution < 1.29 is 19.0 Å². The average Bonchev–Trinajstić information content (AvgIpc) is 3.14. The molecule has 0 unspecified atom stereocenters. The minimum atomic E-state index is -0.415. The van der Waals surface area contributed by atoms with Crippen LogP contribution in [0, 0.1) is 0 Å². The van der Waals surface area contributed by atoms with Crippen molar-refractivity contribution in [2.45, 2.75) is 32.5 Å². The van der Waals surface area contributed by atoms with Crippen molar-refractivity contribution in [1.29, 1.82) is 0 Å².